The topological polar surface area (TPSA) is 64.0 Å². The molecule has 1 saturated heterocycles. The Labute approximate surface area is 157 Å². The Balaban J connectivity index is 2.07. The largest absolute Gasteiger partial charge is 0.465 e. The first-order valence-corrected chi connectivity index (χ1v) is 8.40. The van der Waals surface area contributed by atoms with E-state index in [0.29, 0.717) is 50.2 Å². The third-order valence-corrected chi connectivity index (χ3v) is 5.00. The minimum Gasteiger partial charge on any atom is -0.465 e. The molecule has 158 valence electrons. The maximum absolute atomic E-state index is 12.9. The summed E-state index contributed by atoms with van der Waals surface area (Å²) in [4.78, 5) is 14.1. The van der Waals surface area contributed by atoms with Gasteiger partial charge in [-0.2, -0.15) is 26.3 Å². The van der Waals surface area contributed by atoms with Crippen LogP contribution >= 0.6 is 0 Å². The second kappa shape index (κ2) is 7.78. The van der Waals surface area contributed by atoms with Crippen LogP contribution in [0, 0.1) is 0 Å². The molecule has 1 aliphatic heterocycles. The number of rotatable bonds is 4. The van der Waals surface area contributed by atoms with E-state index in [1.165, 1.54) is 11.9 Å². The summed E-state index contributed by atoms with van der Waals surface area (Å²) in [6, 6.07) is 3.35. The van der Waals surface area contributed by atoms with Gasteiger partial charge in [-0.05, 0) is 18.4 Å². The minimum atomic E-state index is -5.91. The molecule has 0 aliphatic carbocycles. The Hall–Kier alpha value is -2.01. The van der Waals surface area contributed by atoms with Crippen molar-refractivity contribution in [3.05, 3.63) is 35.4 Å². The number of carboxylic acid groups (broad SMARTS) is 1. The third kappa shape index (κ3) is 4.35. The molecule has 1 aromatic rings. The van der Waals surface area contributed by atoms with Crippen molar-refractivity contribution in [3.63, 3.8) is 0 Å². The van der Waals surface area contributed by atoms with Gasteiger partial charge in [0.15, 0.2) is 0 Å². The summed E-state index contributed by atoms with van der Waals surface area (Å²) in [6.07, 6.45) is -11.7. The van der Waals surface area contributed by atoms with Crippen LogP contribution < -0.4 is 0 Å². The van der Waals surface area contributed by atoms with Crippen LogP contribution in [0.2, 0.25) is 0 Å². The molecule has 1 amide bonds. The molecule has 28 heavy (non-hydrogen) atoms. The zero-order valence-corrected chi connectivity index (χ0v) is 14.9. The quantitative estimate of drug-likeness (QED) is 0.740. The number of piperidine rings is 1. The standard InChI is InChI=1S/C17H20F6N2O3/c1-24(14(26)27)13-6-8-25(9-7-13)10-11-2-4-12(5-3-11)15(28,16(18,19)20)17(21,22)23/h2-5,13,28H,6-10H2,1H3,(H,26,27). The lowest BCUT2D eigenvalue weighted by atomic mass is 9.91. The first-order valence-electron chi connectivity index (χ1n) is 8.40. The molecule has 1 heterocycles. The highest BCUT2D eigenvalue weighted by Gasteiger charge is 2.71. The van der Waals surface area contributed by atoms with E-state index in [-0.39, 0.29) is 6.04 Å². The molecule has 0 radical (unpaired) electrons. The molecule has 5 nitrogen and oxygen atoms in total. The van der Waals surface area contributed by atoms with E-state index in [2.05, 4.69) is 0 Å². The van der Waals surface area contributed by atoms with E-state index in [1.54, 1.807) is 0 Å². The van der Waals surface area contributed by atoms with Crippen molar-refractivity contribution in [2.24, 2.45) is 0 Å². The Kier molecular flexibility index (Phi) is 6.19. The van der Waals surface area contributed by atoms with Crippen LogP contribution in [0.4, 0.5) is 31.1 Å². The number of likely N-dealkylation sites (tertiary alicyclic amines) is 1. The van der Waals surface area contributed by atoms with Crippen molar-refractivity contribution in [3.8, 4) is 0 Å². The maximum atomic E-state index is 12.9. The minimum absolute atomic E-state index is 0.135. The molecule has 0 saturated carbocycles. The molecule has 0 aromatic heterocycles. The molecule has 0 spiro atoms. The van der Waals surface area contributed by atoms with Gasteiger partial charge in [-0.1, -0.05) is 24.3 Å². The van der Waals surface area contributed by atoms with E-state index in [4.69, 9.17) is 5.11 Å². The zero-order valence-electron chi connectivity index (χ0n) is 14.9. The molecule has 11 heteroatoms. The summed E-state index contributed by atoms with van der Waals surface area (Å²) in [7, 11) is 1.48. The van der Waals surface area contributed by atoms with Gasteiger partial charge >= 0.3 is 18.4 Å². The van der Waals surface area contributed by atoms with Crippen molar-refractivity contribution in [2.75, 3.05) is 20.1 Å². The summed E-state index contributed by atoms with van der Waals surface area (Å²) < 4.78 is 77.4. The molecule has 0 bridgehead atoms. The number of nitrogens with zero attached hydrogens (tertiary/aromatic N) is 2. The smallest absolute Gasteiger partial charge is 0.430 e. The second-order valence-electron chi connectivity index (χ2n) is 6.80. The van der Waals surface area contributed by atoms with Gasteiger partial charge in [0, 0.05) is 38.3 Å². The molecule has 2 N–H and O–H groups in total. The van der Waals surface area contributed by atoms with E-state index < -0.39 is 29.6 Å². The number of benzene rings is 1. The first kappa shape index (κ1) is 22.3. The van der Waals surface area contributed by atoms with E-state index in [9.17, 15) is 36.2 Å². The van der Waals surface area contributed by atoms with Crippen LogP contribution in [0.5, 0.6) is 0 Å². The van der Waals surface area contributed by atoms with Gasteiger partial charge in [0.25, 0.3) is 5.60 Å². The summed E-state index contributed by atoms with van der Waals surface area (Å²) in [5, 5.41) is 18.4. The average Bonchev–Trinajstić information content (AvgIpc) is 2.59. The Morgan fingerprint density at radius 2 is 1.54 bits per heavy atom. The van der Waals surface area contributed by atoms with Crippen LogP contribution in [-0.4, -0.2) is 64.6 Å². The average molecular weight is 414 g/mol. The fourth-order valence-electron chi connectivity index (χ4n) is 3.22. The molecular weight excluding hydrogens is 394 g/mol. The van der Waals surface area contributed by atoms with Gasteiger partial charge in [0.1, 0.15) is 0 Å². The Bertz CT molecular complexity index is 668. The van der Waals surface area contributed by atoms with E-state index in [0.717, 1.165) is 12.1 Å². The van der Waals surface area contributed by atoms with Crippen molar-refractivity contribution < 1.29 is 41.4 Å². The monoisotopic (exact) mass is 414 g/mol. The lowest BCUT2D eigenvalue weighted by Crippen LogP contribution is -2.53. The van der Waals surface area contributed by atoms with Crippen LogP contribution in [0.15, 0.2) is 24.3 Å². The Morgan fingerprint density at radius 3 is 1.93 bits per heavy atom. The second-order valence-corrected chi connectivity index (χ2v) is 6.80. The van der Waals surface area contributed by atoms with Gasteiger partial charge in [-0.3, -0.25) is 4.90 Å². The third-order valence-electron chi connectivity index (χ3n) is 5.00. The number of hydrogen-bond donors (Lipinski definition) is 2. The van der Waals surface area contributed by atoms with Gasteiger partial charge in [-0.25, -0.2) is 4.79 Å². The number of alkyl halides is 6. The zero-order chi connectivity index (χ0) is 21.3. The molecule has 1 aromatic carbocycles. The van der Waals surface area contributed by atoms with Gasteiger partial charge in [0.05, 0.1) is 0 Å². The highest BCUT2D eigenvalue weighted by molar-refractivity contribution is 5.64. The van der Waals surface area contributed by atoms with Crippen molar-refractivity contribution >= 4 is 6.09 Å². The molecule has 1 fully saturated rings. The predicted molar refractivity (Wildman–Crippen MR) is 86.5 cm³/mol. The van der Waals surface area contributed by atoms with E-state index in [1.807, 2.05) is 4.90 Å². The highest BCUT2D eigenvalue weighted by atomic mass is 19.4. The van der Waals surface area contributed by atoms with Gasteiger partial charge in [0.2, 0.25) is 0 Å². The molecule has 0 unspecified atom stereocenters. The van der Waals surface area contributed by atoms with Crippen molar-refractivity contribution in [2.45, 2.75) is 43.4 Å². The maximum Gasteiger partial charge on any atom is 0.430 e. The highest BCUT2D eigenvalue weighted by Crippen LogP contribution is 2.49. The van der Waals surface area contributed by atoms with Gasteiger partial charge in [-0.15, -0.1) is 0 Å². The lowest BCUT2D eigenvalue weighted by Gasteiger charge is -2.35. The SMILES string of the molecule is CN(C(=O)O)C1CCN(Cc2ccc(C(O)(C(F)(F)F)C(F)(F)F)cc2)CC1. The van der Waals surface area contributed by atoms with Crippen LogP contribution in [0.25, 0.3) is 0 Å². The fraction of sp³-hybridized carbons (Fsp3) is 0.588. The fourth-order valence-corrected chi connectivity index (χ4v) is 3.22. The van der Waals surface area contributed by atoms with Crippen molar-refractivity contribution in [1.82, 2.24) is 9.80 Å². The number of aliphatic hydroxyl groups is 1. The predicted octanol–water partition coefficient (Wildman–Crippen LogP) is 3.57. The normalized spacial score (nSPS) is 17.6. The number of amides is 1. The van der Waals surface area contributed by atoms with Crippen molar-refractivity contribution in [1.29, 1.82) is 0 Å². The summed E-state index contributed by atoms with van der Waals surface area (Å²) in [5.74, 6) is 0. The van der Waals surface area contributed by atoms with E-state index >= 15 is 0 Å². The molecule has 2 rings (SSSR count). The van der Waals surface area contributed by atoms with Crippen LogP contribution in [0.3, 0.4) is 0 Å². The molecule has 1 aliphatic rings. The molecular formula is C17H20F6N2O3. The summed E-state index contributed by atoms with van der Waals surface area (Å²) in [5.41, 5.74) is -5.74. The Morgan fingerprint density at radius 1 is 1.07 bits per heavy atom. The summed E-state index contributed by atoms with van der Waals surface area (Å²) in [6.45, 7) is 1.37. The first-order chi connectivity index (χ1) is 12.8. The molecule has 0 atom stereocenters. The van der Waals surface area contributed by atoms with Crippen LogP contribution in [0.1, 0.15) is 24.0 Å². The number of carbonyl (C=O) groups is 1. The number of halogens is 6. The summed E-state index contributed by atoms with van der Waals surface area (Å²) >= 11 is 0. The lowest BCUT2D eigenvalue weighted by molar-refractivity contribution is -0.376. The van der Waals surface area contributed by atoms with Gasteiger partial charge < -0.3 is 15.1 Å². The van der Waals surface area contributed by atoms with Crippen LogP contribution in [-0.2, 0) is 12.1 Å². The number of hydrogen-bond acceptors (Lipinski definition) is 3.